The van der Waals surface area contributed by atoms with E-state index in [0.717, 1.165) is 18.0 Å². The number of hydrogen-bond donors (Lipinski definition) is 1. The van der Waals surface area contributed by atoms with Gasteiger partial charge >= 0.3 is 11.7 Å². The highest BCUT2D eigenvalue weighted by atomic mass is 16.6. The molecule has 0 radical (unpaired) electrons. The summed E-state index contributed by atoms with van der Waals surface area (Å²) >= 11 is 0. The maximum Gasteiger partial charge on any atom is 0.342 e. The Balaban J connectivity index is 2.44. The summed E-state index contributed by atoms with van der Waals surface area (Å²) in [6, 6.07) is 1.02. The summed E-state index contributed by atoms with van der Waals surface area (Å²) in [6.07, 6.45) is 0.861. The van der Waals surface area contributed by atoms with Gasteiger partial charge in [0.2, 0.25) is 5.88 Å². The molecule has 0 fully saturated rings. The summed E-state index contributed by atoms with van der Waals surface area (Å²) in [4.78, 5) is 24.8. The number of aromatic nitrogens is 3. The molecule has 0 saturated heterocycles. The molecule has 2 rings (SSSR count). The number of carboxylic acids is 1. The number of nitrogens with zero attached hydrogens (tertiary/aromatic N) is 4. The third-order valence-corrected chi connectivity index (χ3v) is 2.93. The number of aromatic carboxylic acids is 1. The van der Waals surface area contributed by atoms with Crippen LogP contribution in [0.25, 0.3) is 0 Å². The topological polar surface area (TPSA) is 120 Å². The van der Waals surface area contributed by atoms with Crippen LogP contribution in [0.2, 0.25) is 0 Å². The highest BCUT2D eigenvalue weighted by Gasteiger charge is 2.22. The normalized spacial score (nSPS) is 10.4. The van der Waals surface area contributed by atoms with E-state index in [4.69, 9.17) is 9.84 Å². The Morgan fingerprint density at radius 2 is 2.14 bits per heavy atom. The maximum atomic E-state index is 11.1. The molecule has 2 aromatic rings. The molecule has 0 atom stereocenters. The first-order valence-electron chi connectivity index (χ1n) is 5.87. The van der Waals surface area contributed by atoms with Gasteiger partial charge in [0.25, 0.3) is 0 Å². The van der Waals surface area contributed by atoms with E-state index in [1.54, 1.807) is 25.6 Å². The van der Waals surface area contributed by atoms with Crippen molar-refractivity contribution in [1.29, 1.82) is 0 Å². The molecule has 0 aliphatic heterocycles. The number of ether oxygens (including phenoxy) is 1. The summed E-state index contributed by atoms with van der Waals surface area (Å²) < 4.78 is 7.11. The van der Waals surface area contributed by atoms with Crippen LogP contribution in [0.5, 0.6) is 11.6 Å². The molecule has 0 bridgehead atoms. The average molecular weight is 292 g/mol. The minimum atomic E-state index is -1.42. The summed E-state index contributed by atoms with van der Waals surface area (Å²) in [5.74, 6) is -1.03. The second kappa shape index (κ2) is 5.19. The molecule has 0 amide bonds. The number of hydrogen-bond acceptors (Lipinski definition) is 6. The zero-order valence-corrected chi connectivity index (χ0v) is 11.5. The predicted molar refractivity (Wildman–Crippen MR) is 70.6 cm³/mol. The van der Waals surface area contributed by atoms with Gasteiger partial charge in [-0.2, -0.15) is 5.10 Å². The number of pyridine rings is 1. The number of nitro groups is 1. The summed E-state index contributed by atoms with van der Waals surface area (Å²) in [6.45, 7) is 3.50. The first-order valence-corrected chi connectivity index (χ1v) is 5.87. The molecule has 0 aliphatic rings. The van der Waals surface area contributed by atoms with Gasteiger partial charge in [-0.25, -0.2) is 9.78 Å². The van der Waals surface area contributed by atoms with Crippen LogP contribution in [0.1, 0.15) is 21.7 Å². The van der Waals surface area contributed by atoms with Crippen molar-refractivity contribution in [2.24, 2.45) is 7.05 Å². The third kappa shape index (κ3) is 2.66. The Labute approximate surface area is 118 Å². The van der Waals surface area contributed by atoms with Crippen LogP contribution in [-0.2, 0) is 7.05 Å². The standard InChI is InChI=1S/C12H12N4O5/c1-6-11(7(2)15(3)14-6)21-10-4-8(12(17)18)9(5-13-10)16(19)20/h4-5H,1-3H3,(H,17,18). The zero-order valence-electron chi connectivity index (χ0n) is 11.5. The van der Waals surface area contributed by atoms with Crippen molar-refractivity contribution in [2.45, 2.75) is 13.8 Å². The molecule has 0 saturated carbocycles. The summed E-state index contributed by atoms with van der Waals surface area (Å²) in [5.41, 5.74) is 0.259. The number of carbonyl (C=O) groups is 1. The van der Waals surface area contributed by atoms with Gasteiger partial charge < -0.3 is 9.84 Å². The van der Waals surface area contributed by atoms with E-state index in [1.807, 2.05) is 0 Å². The Morgan fingerprint density at radius 1 is 1.48 bits per heavy atom. The van der Waals surface area contributed by atoms with Crippen LogP contribution in [0.15, 0.2) is 12.3 Å². The Kier molecular flexibility index (Phi) is 3.57. The zero-order chi connectivity index (χ0) is 15.7. The highest BCUT2D eigenvalue weighted by Crippen LogP contribution is 2.29. The van der Waals surface area contributed by atoms with E-state index < -0.39 is 22.1 Å². The lowest BCUT2D eigenvalue weighted by Gasteiger charge is -2.06. The minimum absolute atomic E-state index is 0.0443. The summed E-state index contributed by atoms with van der Waals surface area (Å²) in [5, 5.41) is 23.9. The largest absolute Gasteiger partial charge is 0.477 e. The van der Waals surface area contributed by atoms with Gasteiger partial charge in [0, 0.05) is 13.1 Å². The number of aryl methyl sites for hydroxylation is 2. The van der Waals surface area contributed by atoms with Crippen molar-refractivity contribution in [3.8, 4) is 11.6 Å². The molecule has 0 aliphatic carbocycles. The van der Waals surface area contributed by atoms with Gasteiger partial charge in [-0.05, 0) is 13.8 Å². The highest BCUT2D eigenvalue weighted by molar-refractivity contribution is 5.92. The molecule has 1 N–H and O–H groups in total. The van der Waals surface area contributed by atoms with E-state index in [1.165, 1.54) is 0 Å². The Bertz CT molecular complexity index is 737. The smallest absolute Gasteiger partial charge is 0.342 e. The molecule has 21 heavy (non-hydrogen) atoms. The fourth-order valence-electron chi connectivity index (χ4n) is 1.81. The molecule has 0 aromatic carbocycles. The third-order valence-electron chi connectivity index (χ3n) is 2.93. The van der Waals surface area contributed by atoms with Crippen LogP contribution in [0.4, 0.5) is 5.69 Å². The van der Waals surface area contributed by atoms with Crippen molar-refractivity contribution in [2.75, 3.05) is 0 Å². The van der Waals surface area contributed by atoms with Crippen molar-refractivity contribution in [1.82, 2.24) is 14.8 Å². The lowest BCUT2D eigenvalue weighted by Crippen LogP contribution is -2.04. The quantitative estimate of drug-likeness (QED) is 0.674. The van der Waals surface area contributed by atoms with Crippen LogP contribution in [0, 0.1) is 24.0 Å². The molecule has 2 heterocycles. The average Bonchev–Trinajstić information content (AvgIpc) is 2.65. The van der Waals surface area contributed by atoms with E-state index in [9.17, 15) is 14.9 Å². The molecule has 0 unspecified atom stereocenters. The van der Waals surface area contributed by atoms with E-state index in [0.29, 0.717) is 11.4 Å². The van der Waals surface area contributed by atoms with Gasteiger partial charge in [-0.1, -0.05) is 0 Å². The number of rotatable bonds is 4. The Hall–Kier alpha value is -2.97. The monoisotopic (exact) mass is 292 g/mol. The van der Waals surface area contributed by atoms with Crippen molar-refractivity contribution in [3.05, 3.63) is 39.3 Å². The van der Waals surface area contributed by atoms with Gasteiger partial charge in [0.05, 0.1) is 10.6 Å². The summed E-state index contributed by atoms with van der Waals surface area (Å²) in [7, 11) is 1.74. The molecule has 2 aromatic heterocycles. The molecule has 110 valence electrons. The number of carboxylic acid groups (broad SMARTS) is 1. The van der Waals surface area contributed by atoms with Gasteiger partial charge in [-0.15, -0.1) is 0 Å². The van der Waals surface area contributed by atoms with Crippen LogP contribution < -0.4 is 4.74 Å². The molecule has 0 spiro atoms. The van der Waals surface area contributed by atoms with E-state index in [2.05, 4.69) is 10.1 Å². The van der Waals surface area contributed by atoms with Gasteiger partial charge in [0.1, 0.15) is 17.5 Å². The molecular weight excluding hydrogens is 280 g/mol. The van der Waals surface area contributed by atoms with Crippen LogP contribution >= 0.6 is 0 Å². The second-order valence-corrected chi connectivity index (χ2v) is 4.33. The van der Waals surface area contributed by atoms with E-state index in [-0.39, 0.29) is 5.88 Å². The lowest BCUT2D eigenvalue weighted by atomic mass is 10.2. The SMILES string of the molecule is Cc1nn(C)c(C)c1Oc1cc(C(=O)O)c([N+](=O)[O-])cn1. The Morgan fingerprint density at radius 3 is 2.62 bits per heavy atom. The van der Waals surface area contributed by atoms with Gasteiger partial charge in [0.15, 0.2) is 5.75 Å². The van der Waals surface area contributed by atoms with Crippen LogP contribution in [0.3, 0.4) is 0 Å². The fourth-order valence-corrected chi connectivity index (χ4v) is 1.81. The minimum Gasteiger partial charge on any atom is -0.477 e. The second-order valence-electron chi connectivity index (χ2n) is 4.33. The first-order chi connectivity index (χ1) is 9.81. The van der Waals surface area contributed by atoms with Crippen LogP contribution in [-0.4, -0.2) is 30.8 Å². The van der Waals surface area contributed by atoms with Gasteiger partial charge in [-0.3, -0.25) is 14.8 Å². The molecule has 9 nitrogen and oxygen atoms in total. The fraction of sp³-hybridized carbons (Fsp3) is 0.250. The van der Waals surface area contributed by atoms with E-state index >= 15 is 0 Å². The lowest BCUT2D eigenvalue weighted by molar-refractivity contribution is -0.385. The first kappa shape index (κ1) is 14.4. The molecular formula is C12H12N4O5. The molecule has 9 heteroatoms. The predicted octanol–water partition coefficient (Wildman–Crippen LogP) is 1.83. The van der Waals surface area contributed by atoms with Crippen molar-refractivity contribution >= 4 is 11.7 Å². The van der Waals surface area contributed by atoms with Crippen molar-refractivity contribution in [3.63, 3.8) is 0 Å². The maximum absolute atomic E-state index is 11.1. The van der Waals surface area contributed by atoms with Crippen molar-refractivity contribution < 1.29 is 19.6 Å².